The molecule has 5 N–H and O–H groups in total. The molecule has 7 nitrogen and oxygen atoms in total. The number of amides is 3. The van der Waals surface area contributed by atoms with Crippen LogP contribution in [-0.2, 0) is 24.1 Å². The molecule has 0 saturated carbocycles. The van der Waals surface area contributed by atoms with Crippen molar-refractivity contribution in [2.75, 3.05) is 11.9 Å². The number of hydrazine groups is 1. The Labute approximate surface area is 144 Å². The van der Waals surface area contributed by atoms with Gasteiger partial charge in [0.15, 0.2) is 5.13 Å². The van der Waals surface area contributed by atoms with Gasteiger partial charge in [-0.25, -0.2) is 15.6 Å². The number of urea groups is 1. The van der Waals surface area contributed by atoms with Crippen LogP contribution in [0.1, 0.15) is 23.7 Å². The largest absolute Gasteiger partial charge is 0.350 e. The van der Waals surface area contributed by atoms with Crippen molar-refractivity contribution >= 4 is 28.4 Å². The molecule has 3 amide bonds. The van der Waals surface area contributed by atoms with E-state index in [0.717, 1.165) is 29.1 Å². The fraction of sp³-hybridized carbons (Fsp3) is 0.312. The Morgan fingerprint density at radius 2 is 1.96 bits per heavy atom. The van der Waals surface area contributed by atoms with Gasteiger partial charge in [0.1, 0.15) is 0 Å². The fourth-order valence-electron chi connectivity index (χ4n) is 2.20. The Morgan fingerprint density at radius 1 is 1.25 bits per heavy atom. The monoisotopic (exact) mass is 347 g/mol. The molecule has 1 aromatic heterocycles. The maximum atomic E-state index is 11.0. The van der Waals surface area contributed by atoms with E-state index in [1.165, 1.54) is 23.8 Å². The van der Waals surface area contributed by atoms with Crippen molar-refractivity contribution in [2.45, 2.75) is 26.2 Å². The number of nitrogens with one attached hydrogen (secondary N) is 1. The summed E-state index contributed by atoms with van der Waals surface area (Å²) in [5, 5.41) is 6.27. The Morgan fingerprint density at radius 3 is 2.62 bits per heavy atom. The van der Waals surface area contributed by atoms with E-state index in [-0.39, 0.29) is 5.91 Å². The minimum atomic E-state index is -0.635. The third kappa shape index (κ3) is 5.64. The van der Waals surface area contributed by atoms with Crippen LogP contribution in [0, 0.1) is 0 Å². The first-order valence-corrected chi connectivity index (χ1v) is 8.43. The van der Waals surface area contributed by atoms with Gasteiger partial charge in [-0.1, -0.05) is 24.3 Å². The van der Waals surface area contributed by atoms with Crippen LogP contribution < -0.4 is 16.9 Å². The minimum absolute atomic E-state index is 0.117. The van der Waals surface area contributed by atoms with E-state index in [9.17, 15) is 9.59 Å². The lowest BCUT2D eigenvalue weighted by molar-refractivity contribution is -0.114. The van der Waals surface area contributed by atoms with Crippen molar-refractivity contribution in [3.05, 3.63) is 46.5 Å². The number of nitrogens with zero attached hydrogens (tertiary/aromatic N) is 2. The molecule has 0 spiro atoms. The van der Waals surface area contributed by atoms with Crippen LogP contribution in [0.4, 0.5) is 9.93 Å². The number of benzene rings is 1. The van der Waals surface area contributed by atoms with Crippen LogP contribution >= 0.6 is 11.3 Å². The van der Waals surface area contributed by atoms with Crippen LogP contribution in [0.25, 0.3) is 0 Å². The Kier molecular flexibility index (Phi) is 6.28. The van der Waals surface area contributed by atoms with Crippen LogP contribution in [0.2, 0.25) is 0 Å². The molecule has 0 fully saturated rings. The Hall–Kier alpha value is -2.45. The first-order chi connectivity index (χ1) is 11.4. The molecule has 2 aromatic rings. The number of nitrogens with two attached hydrogens (primary N) is 2. The Balaban J connectivity index is 1.88. The smallest absolute Gasteiger partial charge is 0.328 e. The average molecular weight is 347 g/mol. The first-order valence-electron chi connectivity index (χ1n) is 7.55. The number of aromatic nitrogens is 1. The molecular formula is C16H21N5O2S. The summed E-state index contributed by atoms with van der Waals surface area (Å²) in [6.07, 6.45) is 2.29. The number of carbonyl (C=O) groups excluding carboxylic acids is 2. The van der Waals surface area contributed by atoms with Crippen molar-refractivity contribution in [2.24, 2.45) is 11.6 Å². The number of primary amides is 1. The van der Waals surface area contributed by atoms with Gasteiger partial charge in [0.25, 0.3) is 0 Å². The number of rotatable bonds is 7. The predicted molar refractivity (Wildman–Crippen MR) is 94.4 cm³/mol. The molecule has 1 heterocycles. The van der Waals surface area contributed by atoms with Gasteiger partial charge in [0.2, 0.25) is 5.91 Å². The SMILES string of the molecule is CC(=O)Nc1nc(CCc2cccc(CCN(N)C(N)=O)c2)cs1. The topological polar surface area (TPSA) is 114 Å². The zero-order valence-electron chi connectivity index (χ0n) is 13.5. The van der Waals surface area contributed by atoms with Crippen molar-refractivity contribution in [3.63, 3.8) is 0 Å². The summed E-state index contributed by atoms with van der Waals surface area (Å²) in [5.74, 6) is 5.38. The van der Waals surface area contributed by atoms with E-state index in [1.807, 2.05) is 17.5 Å². The van der Waals surface area contributed by atoms with Crippen molar-refractivity contribution in [1.29, 1.82) is 0 Å². The van der Waals surface area contributed by atoms with Gasteiger partial charge in [0, 0.05) is 18.8 Å². The number of hydrogen-bond donors (Lipinski definition) is 3. The lowest BCUT2D eigenvalue weighted by Crippen LogP contribution is -2.42. The molecule has 0 radical (unpaired) electrons. The van der Waals surface area contributed by atoms with Crippen LogP contribution in [-0.4, -0.2) is 28.5 Å². The zero-order chi connectivity index (χ0) is 17.5. The van der Waals surface area contributed by atoms with Crippen molar-refractivity contribution in [1.82, 2.24) is 9.99 Å². The van der Waals surface area contributed by atoms with E-state index in [4.69, 9.17) is 11.6 Å². The molecule has 1 aromatic carbocycles. The van der Waals surface area contributed by atoms with Crippen molar-refractivity contribution in [3.8, 4) is 0 Å². The van der Waals surface area contributed by atoms with Gasteiger partial charge < -0.3 is 11.1 Å². The lowest BCUT2D eigenvalue weighted by atomic mass is 10.0. The second kappa shape index (κ2) is 8.42. The highest BCUT2D eigenvalue weighted by atomic mass is 32.1. The highest BCUT2D eigenvalue weighted by molar-refractivity contribution is 7.13. The summed E-state index contributed by atoms with van der Waals surface area (Å²) in [4.78, 5) is 26.3. The molecule has 8 heteroatoms. The van der Waals surface area contributed by atoms with Crippen LogP contribution in [0.5, 0.6) is 0 Å². The predicted octanol–water partition coefficient (Wildman–Crippen LogP) is 1.68. The number of carbonyl (C=O) groups is 2. The van der Waals surface area contributed by atoms with Gasteiger partial charge in [-0.15, -0.1) is 11.3 Å². The van der Waals surface area contributed by atoms with Gasteiger partial charge in [-0.2, -0.15) is 0 Å². The third-order valence-electron chi connectivity index (χ3n) is 3.42. The summed E-state index contributed by atoms with van der Waals surface area (Å²) in [6, 6.07) is 7.49. The summed E-state index contributed by atoms with van der Waals surface area (Å²) in [7, 11) is 0. The number of aryl methyl sites for hydroxylation is 2. The lowest BCUT2D eigenvalue weighted by Gasteiger charge is -2.13. The molecular weight excluding hydrogens is 326 g/mol. The summed E-state index contributed by atoms with van der Waals surface area (Å²) < 4.78 is 0. The molecule has 0 aliphatic rings. The maximum absolute atomic E-state index is 11.0. The highest BCUT2D eigenvalue weighted by Crippen LogP contribution is 2.17. The number of hydrogen-bond acceptors (Lipinski definition) is 5. The normalized spacial score (nSPS) is 10.4. The van der Waals surface area contributed by atoms with Gasteiger partial charge in [-0.05, 0) is 30.4 Å². The average Bonchev–Trinajstić information content (AvgIpc) is 2.97. The van der Waals surface area contributed by atoms with E-state index < -0.39 is 6.03 Å². The van der Waals surface area contributed by atoms with Gasteiger partial charge in [-0.3, -0.25) is 9.80 Å². The fourth-order valence-corrected chi connectivity index (χ4v) is 2.99. The number of thiazole rings is 1. The van der Waals surface area contributed by atoms with Crippen molar-refractivity contribution < 1.29 is 9.59 Å². The first kappa shape index (κ1) is 17.9. The maximum Gasteiger partial charge on any atom is 0.328 e. The van der Waals surface area contributed by atoms with E-state index in [1.54, 1.807) is 0 Å². The van der Waals surface area contributed by atoms with Gasteiger partial charge in [0.05, 0.1) is 5.69 Å². The molecule has 0 aliphatic carbocycles. The molecule has 0 saturated heterocycles. The van der Waals surface area contributed by atoms with E-state index >= 15 is 0 Å². The van der Waals surface area contributed by atoms with Gasteiger partial charge >= 0.3 is 6.03 Å². The van der Waals surface area contributed by atoms with E-state index in [2.05, 4.69) is 22.4 Å². The quantitative estimate of drug-likeness (QED) is 0.401. The molecule has 0 atom stereocenters. The summed E-state index contributed by atoms with van der Waals surface area (Å²) in [6.45, 7) is 1.85. The second-order valence-electron chi connectivity index (χ2n) is 5.43. The van der Waals surface area contributed by atoms with Crippen LogP contribution in [0.3, 0.4) is 0 Å². The molecule has 0 unspecified atom stereocenters. The highest BCUT2D eigenvalue weighted by Gasteiger charge is 2.06. The molecule has 24 heavy (non-hydrogen) atoms. The second-order valence-corrected chi connectivity index (χ2v) is 6.28. The molecule has 0 aliphatic heterocycles. The molecule has 0 bridgehead atoms. The zero-order valence-corrected chi connectivity index (χ0v) is 14.3. The minimum Gasteiger partial charge on any atom is -0.350 e. The summed E-state index contributed by atoms with van der Waals surface area (Å²) in [5.41, 5.74) is 8.34. The molecule has 2 rings (SSSR count). The van der Waals surface area contributed by atoms with Crippen LogP contribution in [0.15, 0.2) is 29.6 Å². The molecule has 128 valence electrons. The Bertz CT molecular complexity index is 716. The number of anilines is 1. The summed E-state index contributed by atoms with van der Waals surface area (Å²) >= 11 is 1.42. The van der Waals surface area contributed by atoms with E-state index in [0.29, 0.717) is 18.1 Å². The standard InChI is InChI=1S/C16H21N5O2S/c1-11(22)19-16-20-14(10-24-16)6-5-12-3-2-4-13(9-12)7-8-21(18)15(17)23/h2-4,9-10H,5-8,18H2,1H3,(H2,17,23)(H,19,20,22). The third-order valence-corrected chi connectivity index (χ3v) is 4.23.